The molecule has 1 saturated heterocycles. The van der Waals surface area contributed by atoms with Crippen molar-refractivity contribution in [2.24, 2.45) is 5.92 Å². The lowest BCUT2D eigenvalue weighted by atomic mass is 9.78. The Hall–Kier alpha value is -2.99. The summed E-state index contributed by atoms with van der Waals surface area (Å²) in [4.78, 5) is 31.8. The van der Waals surface area contributed by atoms with Crippen LogP contribution in [-0.4, -0.2) is 45.2 Å². The van der Waals surface area contributed by atoms with E-state index in [4.69, 9.17) is 0 Å². The molecule has 1 amide bonds. The summed E-state index contributed by atoms with van der Waals surface area (Å²) in [5.74, 6) is 0.174. The Morgan fingerprint density at radius 1 is 1.14 bits per heavy atom. The molecule has 0 radical (unpaired) electrons. The molecule has 2 bridgehead atoms. The summed E-state index contributed by atoms with van der Waals surface area (Å²) in [6.07, 6.45) is 2.63. The number of aliphatic hydroxyl groups is 1. The molecule has 3 atom stereocenters. The predicted octanol–water partition coefficient (Wildman–Crippen LogP) is 2.19. The zero-order valence-corrected chi connectivity index (χ0v) is 15.4. The van der Waals surface area contributed by atoms with E-state index in [2.05, 4.69) is 4.98 Å². The fourth-order valence-corrected chi connectivity index (χ4v) is 4.83. The second-order valence-corrected chi connectivity index (χ2v) is 7.72. The number of likely N-dealkylation sites (tertiary alicyclic amines) is 1. The van der Waals surface area contributed by atoms with Crippen LogP contribution < -0.4 is 5.56 Å². The molecule has 5 rings (SSSR count). The summed E-state index contributed by atoms with van der Waals surface area (Å²) in [6.45, 7) is 1.03. The number of nitrogens with zero attached hydrogens (tertiary/aromatic N) is 3. The van der Waals surface area contributed by atoms with Crippen molar-refractivity contribution < 1.29 is 9.90 Å². The van der Waals surface area contributed by atoms with Crippen molar-refractivity contribution in [3.05, 3.63) is 76.3 Å². The van der Waals surface area contributed by atoms with Crippen molar-refractivity contribution in [3.63, 3.8) is 0 Å². The van der Waals surface area contributed by atoms with Crippen LogP contribution in [0.25, 0.3) is 10.9 Å². The number of amides is 1. The average molecular weight is 375 g/mol. The van der Waals surface area contributed by atoms with Gasteiger partial charge >= 0.3 is 0 Å². The molecule has 0 saturated carbocycles. The minimum Gasteiger partial charge on any atom is -0.394 e. The molecule has 0 unspecified atom stereocenters. The van der Waals surface area contributed by atoms with Crippen molar-refractivity contribution >= 4 is 16.8 Å². The Bertz CT molecular complexity index is 1120. The van der Waals surface area contributed by atoms with E-state index in [-0.39, 0.29) is 36.0 Å². The van der Waals surface area contributed by atoms with Crippen LogP contribution in [0.1, 0.15) is 34.4 Å². The van der Waals surface area contributed by atoms with Gasteiger partial charge in [-0.2, -0.15) is 0 Å². The SMILES string of the molecule is O=C(c1ccc2ncccc2c1)N1C[C@H]2C[C@@H](C1)[C@H](CO)n1c2cccc1=O. The molecule has 1 N–H and O–H groups in total. The first kappa shape index (κ1) is 17.1. The summed E-state index contributed by atoms with van der Waals surface area (Å²) in [7, 11) is 0. The molecule has 142 valence electrons. The van der Waals surface area contributed by atoms with E-state index >= 15 is 0 Å². The van der Waals surface area contributed by atoms with E-state index in [0.717, 1.165) is 23.0 Å². The van der Waals surface area contributed by atoms with Gasteiger partial charge in [-0.1, -0.05) is 12.1 Å². The molecule has 6 nitrogen and oxygen atoms in total. The Morgan fingerprint density at radius 3 is 2.89 bits per heavy atom. The van der Waals surface area contributed by atoms with Crippen molar-refractivity contribution in [1.82, 2.24) is 14.5 Å². The molecular formula is C22H21N3O3. The van der Waals surface area contributed by atoms with Gasteiger partial charge in [0.15, 0.2) is 0 Å². The zero-order chi connectivity index (χ0) is 19.3. The standard InChI is InChI=1S/C22H21N3O3/c26-13-20-17-10-16(19-4-1-5-21(27)25(19)20)11-24(12-17)22(28)15-6-7-18-14(9-15)3-2-8-23-18/h1-9,16-17,20,26H,10-13H2/t16-,17+,20+/m1/s1. The molecule has 0 aliphatic carbocycles. The normalized spacial score (nSPS) is 23.5. The number of carbonyl (C=O) groups is 1. The minimum absolute atomic E-state index is 0.0103. The highest BCUT2D eigenvalue weighted by Crippen LogP contribution is 2.41. The van der Waals surface area contributed by atoms with Crippen LogP contribution in [0.5, 0.6) is 0 Å². The third-order valence-electron chi connectivity index (χ3n) is 6.12. The van der Waals surface area contributed by atoms with E-state index in [9.17, 15) is 14.7 Å². The molecular weight excluding hydrogens is 354 g/mol. The molecule has 2 aromatic heterocycles. The molecule has 3 aromatic rings. The lowest BCUT2D eigenvalue weighted by molar-refractivity contribution is 0.0437. The van der Waals surface area contributed by atoms with E-state index < -0.39 is 0 Å². The van der Waals surface area contributed by atoms with Crippen LogP contribution in [0.2, 0.25) is 0 Å². The largest absolute Gasteiger partial charge is 0.394 e. The molecule has 0 spiro atoms. The highest BCUT2D eigenvalue weighted by atomic mass is 16.3. The van der Waals surface area contributed by atoms with Crippen LogP contribution in [0, 0.1) is 5.92 Å². The highest BCUT2D eigenvalue weighted by Gasteiger charge is 2.41. The number of benzene rings is 1. The van der Waals surface area contributed by atoms with Gasteiger partial charge in [-0.05, 0) is 36.8 Å². The maximum atomic E-state index is 13.2. The second kappa shape index (κ2) is 6.56. The van der Waals surface area contributed by atoms with Gasteiger partial charge in [0.25, 0.3) is 11.5 Å². The van der Waals surface area contributed by atoms with Gasteiger partial charge in [0.1, 0.15) is 0 Å². The van der Waals surface area contributed by atoms with Gasteiger partial charge < -0.3 is 14.6 Å². The van der Waals surface area contributed by atoms with Gasteiger partial charge in [0, 0.05) is 53.8 Å². The Morgan fingerprint density at radius 2 is 2.04 bits per heavy atom. The van der Waals surface area contributed by atoms with Gasteiger partial charge in [0.05, 0.1) is 18.2 Å². The zero-order valence-electron chi connectivity index (χ0n) is 15.4. The molecule has 4 heterocycles. The Kier molecular flexibility index (Phi) is 4.02. The summed E-state index contributed by atoms with van der Waals surface area (Å²) >= 11 is 0. The van der Waals surface area contributed by atoms with Gasteiger partial charge in [0.2, 0.25) is 0 Å². The summed E-state index contributed by atoms with van der Waals surface area (Å²) in [5.41, 5.74) is 2.35. The molecule has 1 fully saturated rings. The maximum Gasteiger partial charge on any atom is 0.253 e. The maximum absolute atomic E-state index is 13.2. The number of hydrogen-bond donors (Lipinski definition) is 1. The van der Waals surface area contributed by atoms with Crippen molar-refractivity contribution in [3.8, 4) is 0 Å². The first-order chi connectivity index (χ1) is 13.7. The molecule has 2 aliphatic heterocycles. The van der Waals surface area contributed by atoms with Crippen molar-refractivity contribution in [2.75, 3.05) is 19.7 Å². The molecule has 6 heteroatoms. The Labute approximate surface area is 162 Å². The highest BCUT2D eigenvalue weighted by molar-refractivity contribution is 5.98. The van der Waals surface area contributed by atoms with Gasteiger partial charge in [-0.25, -0.2) is 0 Å². The number of aromatic nitrogens is 2. The smallest absolute Gasteiger partial charge is 0.253 e. The van der Waals surface area contributed by atoms with E-state index in [1.807, 2.05) is 41.3 Å². The molecule has 2 aliphatic rings. The number of fused-ring (bicyclic) bond motifs is 5. The van der Waals surface area contributed by atoms with Crippen LogP contribution in [0.4, 0.5) is 0 Å². The van der Waals surface area contributed by atoms with Crippen molar-refractivity contribution in [2.45, 2.75) is 18.4 Å². The summed E-state index contributed by atoms with van der Waals surface area (Å²) in [5, 5.41) is 10.9. The van der Waals surface area contributed by atoms with Crippen LogP contribution in [0.15, 0.2) is 59.5 Å². The lowest BCUT2D eigenvalue weighted by Gasteiger charge is -2.46. The summed E-state index contributed by atoms with van der Waals surface area (Å²) < 4.78 is 1.74. The van der Waals surface area contributed by atoms with Crippen molar-refractivity contribution in [1.29, 1.82) is 0 Å². The molecule has 1 aromatic carbocycles. The minimum atomic E-state index is -0.281. The van der Waals surface area contributed by atoms with Gasteiger partial charge in [-0.15, -0.1) is 0 Å². The van der Waals surface area contributed by atoms with Crippen LogP contribution in [-0.2, 0) is 0 Å². The van der Waals surface area contributed by atoms with Crippen LogP contribution >= 0.6 is 0 Å². The number of aliphatic hydroxyl groups excluding tert-OH is 1. The van der Waals surface area contributed by atoms with Gasteiger partial charge in [-0.3, -0.25) is 14.6 Å². The average Bonchev–Trinajstić information content (AvgIpc) is 2.73. The molecule has 28 heavy (non-hydrogen) atoms. The summed E-state index contributed by atoms with van der Waals surface area (Å²) in [6, 6.07) is 14.4. The lowest BCUT2D eigenvalue weighted by Crippen LogP contribution is -2.51. The second-order valence-electron chi connectivity index (χ2n) is 7.72. The monoisotopic (exact) mass is 375 g/mol. The number of carbonyl (C=O) groups excluding carboxylic acids is 1. The fraction of sp³-hybridized carbons (Fsp3) is 0.318. The number of hydrogen-bond acceptors (Lipinski definition) is 4. The Balaban J connectivity index is 1.49. The van der Waals surface area contributed by atoms with E-state index in [0.29, 0.717) is 18.7 Å². The fourth-order valence-electron chi connectivity index (χ4n) is 4.83. The number of rotatable bonds is 2. The van der Waals surface area contributed by atoms with E-state index in [1.54, 1.807) is 22.9 Å². The quantitative estimate of drug-likeness (QED) is 0.745. The topological polar surface area (TPSA) is 75.4 Å². The van der Waals surface area contributed by atoms with E-state index in [1.165, 1.54) is 0 Å². The number of piperidine rings is 1. The van der Waals surface area contributed by atoms with Crippen LogP contribution in [0.3, 0.4) is 0 Å². The number of pyridine rings is 2. The third-order valence-corrected chi connectivity index (χ3v) is 6.12. The predicted molar refractivity (Wildman–Crippen MR) is 105 cm³/mol. The first-order valence-corrected chi connectivity index (χ1v) is 9.62. The third kappa shape index (κ3) is 2.64. The first-order valence-electron chi connectivity index (χ1n) is 9.62.